The Balaban J connectivity index is 1.84. The maximum Gasteiger partial charge on any atom is 0.410 e. The molecule has 0 aliphatic carbocycles. The lowest BCUT2D eigenvalue weighted by Crippen LogP contribution is -2.50. The van der Waals surface area contributed by atoms with Crippen LogP contribution in [-0.4, -0.2) is 35.7 Å². The molecule has 5 heteroatoms. The number of hydrogen-bond donors (Lipinski definition) is 1. The van der Waals surface area contributed by atoms with Gasteiger partial charge in [-0.25, -0.2) is 4.79 Å². The second-order valence-electron chi connectivity index (χ2n) is 7.18. The fourth-order valence-electron chi connectivity index (χ4n) is 2.84. The van der Waals surface area contributed by atoms with Crippen molar-refractivity contribution in [1.29, 1.82) is 0 Å². The summed E-state index contributed by atoms with van der Waals surface area (Å²) >= 11 is 0. The number of furan rings is 1. The second kappa shape index (κ2) is 7.86. The highest BCUT2D eigenvalue weighted by molar-refractivity contribution is 5.68. The molecule has 0 aromatic carbocycles. The third-order valence-corrected chi connectivity index (χ3v) is 4.00. The topological polar surface area (TPSA) is 54.7 Å². The first kappa shape index (κ1) is 17.9. The molecule has 5 nitrogen and oxygen atoms in total. The van der Waals surface area contributed by atoms with Crippen molar-refractivity contribution in [2.45, 2.75) is 71.6 Å². The number of nitrogens with one attached hydrogen (secondary N) is 1. The lowest BCUT2D eigenvalue weighted by molar-refractivity contribution is 0.00990. The fourth-order valence-corrected chi connectivity index (χ4v) is 2.84. The lowest BCUT2D eigenvalue weighted by Gasteiger charge is -2.36. The molecule has 1 aromatic heterocycles. The van der Waals surface area contributed by atoms with Gasteiger partial charge in [0.25, 0.3) is 0 Å². The van der Waals surface area contributed by atoms with E-state index in [4.69, 9.17) is 9.15 Å². The molecule has 23 heavy (non-hydrogen) atoms. The van der Waals surface area contributed by atoms with Gasteiger partial charge in [-0.15, -0.1) is 0 Å². The molecule has 2 heterocycles. The van der Waals surface area contributed by atoms with Gasteiger partial charge < -0.3 is 19.4 Å². The summed E-state index contributed by atoms with van der Waals surface area (Å²) in [5, 5.41) is 3.41. The highest BCUT2D eigenvalue weighted by Gasteiger charge is 2.30. The van der Waals surface area contributed by atoms with Crippen LogP contribution in [0.1, 0.15) is 58.5 Å². The van der Waals surface area contributed by atoms with Crippen molar-refractivity contribution in [3.8, 4) is 0 Å². The largest absolute Gasteiger partial charge is 0.465 e. The van der Waals surface area contributed by atoms with Crippen molar-refractivity contribution in [1.82, 2.24) is 10.2 Å². The maximum atomic E-state index is 12.4. The van der Waals surface area contributed by atoms with E-state index < -0.39 is 5.60 Å². The van der Waals surface area contributed by atoms with E-state index in [-0.39, 0.29) is 12.1 Å². The fraction of sp³-hybridized carbons (Fsp3) is 0.722. The number of hydrogen-bond acceptors (Lipinski definition) is 4. The summed E-state index contributed by atoms with van der Waals surface area (Å²) in [5.74, 6) is 1.95. The van der Waals surface area contributed by atoms with E-state index in [1.54, 1.807) is 0 Å². The summed E-state index contributed by atoms with van der Waals surface area (Å²) < 4.78 is 11.2. The van der Waals surface area contributed by atoms with Gasteiger partial charge in [0.1, 0.15) is 17.1 Å². The average molecular weight is 322 g/mol. The van der Waals surface area contributed by atoms with E-state index in [0.717, 1.165) is 50.3 Å². The highest BCUT2D eigenvalue weighted by Crippen LogP contribution is 2.20. The molecule has 0 saturated carbocycles. The smallest absolute Gasteiger partial charge is 0.410 e. The van der Waals surface area contributed by atoms with Gasteiger partial charge in [-0.05, 0) is 52.2 Å². The van der Waals surface area contributed by atoms with Crippen LogP contribution in [0.15, 0.2) is 16.5 Å². The Kier molecular flexibility index (Phi) is 6.10. The number of likely N-dealkylation sites (tertiary alicyclic amines) is 1. The van der Waals surface area contributed by atoms with E-state index in [2.05, 4.69) is 12.2 Å². The first-order chi connectivity index (χ1) is 10.9. The molecular formula is C18H30N2O3. The summed E-state index contributed by atoms with van der Waals surface area (Å²) in [5.41, 5.74) is -0.447. The molecule has 1 N–H and O–H groups in total. The van der Waals surface area contributed by atoms with Gasteiger partial charge in [-0.1, -0.05) is 6.92 Å². The van der Waals surface area contributed by atoms with Crippen molar-refractivity contribution in [3.63, 3.8) is 0 Å². The first-order valence-corrected chi connectivity index (χ1v) is 8.67. The molecule has 1 amide bonds. The van der Waals surface area contributed by atoms with Crippen LogP contribution in [0.3, 0.4) is 0 Å². The van der Waals surface area contributed by atoms with Crippen molar-refractivity contribution in [2.24, 2.45) is 0 Å². The van der Waals surface area contributed by atoms with E-state index in [9.17, 15) is 4.79 Å². The van der Waals surface area contributed by atoms with Crippen molar-refractivity contribution in [2.75, 3.05) is 13.1 Å². The van der Waals surface area contributed by atoms with Gasteiger partial charge in [0.15, 0.2) is 0 Å². The molecular weight excluding hydrogens is 292 g/mol. The van der Waals surface area contributed by atoms with Crippen LogP contribution in [0.5, 0.6) is 0 Å². The SMILES string of the molecule is CCc1ccc(CNCC2CCCCN2C(=O)OC(C)(C)C)o1. The molecule has 1 atom stereocenters. The molecule has 1 unspecified atom stereocenters. The maximum absolute atomic E-state index is 12.4. The Labute approximate surface area is 139 Å². The number of amides is 1. The summed E-state index contributed by atoms with van der Waals surface area (Å²) in [6.45, 7) is 10.0. The number of nitrogens with zero attached hydrogens (tertiary/aromatic N) is 1. The molecule has 2 rings (SSSR count). The summed E-state index contributed by atoms with van der Waals surface area (Å²) in [6, 6.07) is 4.22. The zero-order chi connectivity index (χ0) is 16.9. The number of aryl methyl sites for hydroxylation is 1. The molecule has 1 saturated heterocycles. The number of rotatable bonds is 5. The van der Waals surface area contributed by atoms with Gasteiger partial charge in [0.05, 0.1) is 6.54 Å². The molecule has 0 spiro atoms. The number of ether oxygens (including phenoxy) is 1. The predicted molar refractivity (Wildman–Crippen MR) is 90.4 cm³/mol. The van der Waals surface area contributed by atoms with E-state index in [0.29, 0.717) is 6.54 Å². The lowest BCUT2D eigenvalue weighted by atomic mass is 10.0. The Hall–Kier alpha value is -1.49. The van der Waals surface area contributed by atoms with Gasteiger partial charge in [0.2, 0.25) is 0 Å². The van der Waals surface area contributed by atoms with Crippen LogP contribution in [0.2, 0.25) is 0 Å². The molecule has 1 aliphatic heterocycles. The quantitative estimate of drug-likeness (QED) is 0.897. The van der Waals surface area contributed by atoms with Gasteiger partial charge in [-0.3, -0.25) is 0 Å². The molecule has 0 radical (unpaired) electrons. The highest BCUT2D eigenvalue weighted by atomic mass is 16.6. The summed E-state index contributed by atoms with van der Waals surface area (Å²) in [7, 11) is 0. The van der Waals surface area contributed by atoms with Gasteiger partial charge >= 0.3 is 6.09 Å². The summed E-state index contributed by atoms with van der Waals surface area (Å²) in [4.78, 5) is 14.2. The Morgan fingerprint density at radius 3 is 2.74 bits per heavy atom. The van der Waals surface area contributed by atoms with Crippen LogP contribution in [-0.2, 0) is 17.7 Å². The minimum atomic E-state index is -0.447. The van der Waals surface area contributed by atoms with Crippen molar-refractivity contribution >= 4 is 6.09 Å². The minimum absolute atomic E-state index is 0.194. The zero-order valence-electron chi connectivity index (χ0n) is 14.9. The minimum Gasteiger partial charge on any atom is -0.465 e. The molecule has 1 fully saturated rings. The predicted octanol–water partition coefficient (Wildman–Crippen LogP) is 3.72. The van der Waals surface area contributed by atoms with Crippen LogP contribution in [0.25, 0.3) is 0 Å². The third kappa shape index (κ3) is 5.57. The number of piperidine rings is 1. The molecule has 130 valence electrons. The Morgan fingerprint density at radius 2 is 2.09 bits per heavy atom. The average Bonchev–Trinajstić information content (AvgIpc) is 2.94. The second-order valence-corrected chi connectivity index (χ2v) is 7.18. The van der Waals surface area contributed by atoms with E-state index >= 15 is 0 Å². The molecule has 0 bridgehead atoms. The first-order valence-electron chi connectivity index (χ1n) is 8.67. The van der Waals surface area contributed by atoms with Crippen LogP contribution < -0.4 is 5.32 Å². The van der Waals surface area contributed by atoms with Crippen molar-refractivity contribution < 1.29 is 13.9 Å². The molecule has 1 aliphatic rings. The van der Waals surface area contributed by atoms with E-state index in [1.165, 1.54) is 0 Å². The summed E-state index contributed by atoms with van der Waals surface area (Å²) in [6.07, 6.45) is 3.94. The van der Waals surface area contributed by atoms with Crippen molar-refractivity contribution in [3.05, 3.63) is 23.7 Å². The monoisotopic (exact) mass is 322 g/mol. The Morgan fingerprint density at radius 1 is 1.35 bits per heavy atom. The van der Waals surface area contributed by atoms with Gasteiger partial charge in [-0.2, -0.15) is 0 Å². The number of carbonyl (C=O) groups is 1. The zero-order valence-corrected chi connectivity index (χ0v) is 14.9. The normalized spacial score (nSPS) is 19.0. The van der Waals surface area contributed by atoms with Crippen LogP contribution in [0.4, 0.5) is 4.79 Å². The van der Waals surface area contributed by atoms with Crippen LogP contribution in [0, 0.1) is 0 Å². The third-order valence-electron chi connectivity index (χ3n) is 4.00. The molecule has 1 aromatic rings. The number of carbonyl (C=O) groups excluding carboxylic acids is 1. The Bertz CT molecular complexity index is 505. The van der Waals surface area contributed by atoms with Gasteiger partial charge in [0, 0.05) is 25.6 Å². The van der Waals surface area contributed by atoms with Crippen LogP contribution >= 0.6 is 0 Å². The standard InChI is InChI=1S/C18H30N2O3/c1-5-15-9-10-16(22-15)13-19-12-14-8-6-7-11-20(14)17(21)23-18(2,3)4/h9-10,14,19H,5-8,11-13H2,1-4H3. The van der Waals surface area contributed by atoms with E-state index in [1.807, 2.05) is 37.8 Å².